The number of hydrogen-bond donors (Lipinski definition) is 0. The maximum atomic E-state index is 6.30. The summed E-state index contributed by atoms with van der Waals surface area (Å²) in [6.07, 6.45) is 0. The molecule has 6 aromatic carbocycles. The summed E-state index contributed by atoms with van der Waals surface area (Å²) >= 11 is 0. The molecule has 0 spiro atoms. The Bertz CT molecular complexity index is 1870. The van der Waals surface area contributed by atoms with E-state index in [1.165, 1.54) is 54.6 Å². The van der Waals surface area contributed by atoms with Crippen molar-refractivity contribution in [3.63, 3.8) is 0 Å². The van der Waals surface area contributed by atoms with Crippen LogP contribution in [0.2, 0.25) is 0 Å². The van der Waals surface area contributed by atoms with Gasteiger partial charge in [-0.05, 0) is 93.8 Å². The Labute approximate surface area is 230 Å². The van der Waals surface area contributed by atoms with Gasteiger partial charge in [0.1, 0.15) is 0 Å². The lowest BCUT2D eigenvalue weighted by Crippen LogP contribution is -2.41. The van der Waals surface area contributed by atoms with Crippen molar-refractivity contribution < 1.29 is 9.31 Å². The molecule has 0 radical (unpaired) electrons. The molecule has 1 saturated heterocycles. The maximum Gasteiger partial charge on any atom is 0.494 e. The molecule has 190 valence electrons. The second-order valence-corrected chi connectivity index (χ2v) is 11.6. The Morgan fingerprint density at radius 2 is 1.08 bits per heavy atom. The number of hydrogen-bond acceptors (Lipinski definition) is 2. The van der Waals surface area contributed by atoms with Gasteiger partial charge >= 0.3 is 7.12 Å². The van der Waals surface area contributed by atoms with E-state index in [-0.39, 0.29) is 18.3 Å². The van der Waals surface area contributed by atoms with Crippen molar-refractivity contribution in [2.75, 3.05) is 0 Å². The van der Waals surface area contributed by atoms with Crippen LogP contribution in [0.5, 0.6) is 0 Å². The minimum absolute atomic E-state index is 0.354. The van der Waals surface area contributed by atoms with Crippen molar-refractivity contribution in [3.8, 4) is 22.3 Å². The zero-order valence-corrected chi connectivity index (χ0v) is 22.9. The first-order valence-corrected chi connectivity index (χ1v) is 13.7. The molecule has 0 aromatic heterocycles. The van der Waals surface area contributed by atoms with Crippen LogP contribution in [0.25, 0.3) is 54.6 Å². The minimum atomic E-state index is -0.360. The highest BCUT2D eigenvalue weighted by Crippen LogP contribution is 2.40. The van der Waals surface area contributed by atoms with Gasteiger partial charge in [0.05, 0.1) is 11.2 Å². The molecule has 6 aromatic rings. The molecular formula is C36H31BO2. The minimum Gasteiger partial charge on any atom is -0.399 e. The topological polar surface area (TPSA) is 18.5 Å². The van der Waals surface area contributed by atoms with E-state index in [2.05, 4.69) is 143 Å². The summed E-state index contributed by atoms with van der Waals surface area (Å²) in [7, 11) is -0.360. The van der Waals surface area contributed by atoms with Crippen molar-refractivity contribution in [2.45, 2.75) is 38.9 Å². The molecule has 1 heterocycles. The normalized spacial score (nSPS) is 16.4. The maximum absolute atomic E-state index is 6.30. The van der Waals surface area contributed by atoms with E-state index in [1.54, 1.807) is 0 Å². The second kappa shape index (κ2) is 8.81. The Kier molecular flexibility index (Phi) is 5.45. The summed E-state index contributed by atoms with van der Waals surface area (Å²) < 4.78 is 12.6. The average Bonchev–Trinajstić information content (AvgIpc) is 3.18. The second-order valence-electron chi connectivity index (χ2n) is 11.6. The van der Waals surface area contributed by atoms with Crippen LogP contribution in [0.3, 0.4) is 0 Å². The summed E-state index contributed by atoms with van der Waals surface area (Å²) in [4.78, 5) is 0. The van der Waals surface area contributed by atoms with Gasteiger partial charge in [-0.25, -0.2) is 0 Å². The Balaban J connectivity index is 1.33. The average molecular weight is 506 g/mol. The molecule has 39 heavy (non-hydrogen) atoms. The van der Waals surface area contributed by atoms with Crippen LogP contribution in [-0.2, 0) is 9.31 Å². The van der Waals surface area contributed by atoms with Gasteiger partial charge in [0.15, 0.2) is 0 Å². The van der Waals surface area contributed by atoms with E-state index in [9.17, 15) is 0 Å². The number of benzene rings is 6. The van der Waals surface area contributed by atoms with Gasteiger partial charge in [-0.1, -0.05) is 109 Å². The van der Waals surface area contributed by atoms with Crippen LogP contribution >= 0.6 is 0 Å². The number of fused-ring (bicyclic) bond motifs is 4. The van der Waals surface area contributed by atoms with Gasteiger partial charge in [-0.2, -0.15) is 0 Å². The highest BCUT2D eigenvalue weighted by Gasteiger charge is 2.51. The van der Waals surface area contributed by atoms with E-state index >= 15 is 0 Å². The van der Waals surface area contributed by atoms with E-state index < -0.39 is 0 Å². The molecule has 0 unspecified atom stereocenters. The molecule has 0 amide bonds. The summed E-state index contributed by atoms with van der Waals surface area (Å²) in [6, 6.07) is 41.8. The molecule has 7 rings (SSSR count). The molecule has 1 fully saturated rings. The highest BCUT2D eigenvalue weighted by atomic mass is 16.7. The Morgan fingerprint density at radius 3 is 1.90 bits per heavy atom. The van der Waals surface area contributed by atoms with Gasteiger partial charge in [-0.15, -0.1) is 0 Å². The Hall–Kier alpha value is -3.92. The summed E-state index contributed by atoms with van der Waals surface area (Å²) in [5, 5.41) is 7.49. The van der Waals surface area contributed by atoms with Crippen LogP contribution in [0.4, 0.5) is 0 Å². The molecule has 2 nitrogen and oxygen atoms in total. The monoisotopic (exact) mass is 506 g/mol. The molecule has 0 aliphatic carbocycles. The van der Waals surface area contributed by atoms with Crippen molar-refractivity contribution in [3.05, 3.63) is 115 Å². The van der Waals surface area contributed by atoms with Crippen molar-refractivity contribution in [2.24, 2.45) is 0 Å². The Morgan fingerprint density at radius 1 is 0.487 bits per heavy atom. The fraction of sp³-hybridized carbons (Fsp3) is 0.167. The third-order valence-electron chi connectivity index (χ3n) is 8.69. The first-order valence-electron chi connectivity index (χ1n) is 13.7. The molecule has 1 aliphatic rings. The lowest BCUT2D eigenvalue weighted by molar-refractivity contribution is 0.00578. The lowest BCUT2D eigenvalue weighted by Gasteiger charge is -2.32. The first kappa shape index (κ1) is 24.1. The summed E-state index contributed by atoms with van der Waals surface area (Å²) in [5.41, 5.74) is 5.29. The molecule has 0 N–H and O–H groups in total. The quantitative estimate of drug-likeness (QED) is 0.176. The predicted octanol–water partition coefficient (Wildman–Crippen LogP) is 8.78. The lowest BCUT2D eigenvalue weighted by atomic mass is 9.78. The van der Waals surface area contributed by atoms with Crippen LogP contribution in [0, 0.1) is 0 Å². The molecule has 3 heteroatoms. The van der Waals surface area contributed by atoms with Crippen molar-refractivity contribution in [1.29, 1.82) is 0 Å². The standard InChI is InChI=1S/C36H31BO2/c1-35(2)36(3,4)39-37(38-35)29-21-20-26-22-28(19-18-27(26)23-29)30-12-7-8-14-32(30)33-15-9-11-25-17-16-24-10-5-6-13-31(24)34(25)33/h5-23H,1-4H3. The third kappa shape index (κ3) is 3.96. The molecule has 0 atom stereocenters. The van der Waals surface area contributed by atoms with Crippen LogP contribution in [0.1, 0.15) is 27.7 Å². The van der Waals surface area contributed by atoms with Crippen molar-refractivity contribution >= 4 is 44.9 Å². The molecular weight excluding hydrogens is 475 g/mol. The fourth-order valence-electron chi connectivity index (χ4n) is 5.81. The smallest absolute Gasteiger partial charge is 0.399 e. The fourth-order valence-corrected chi connectivity index (χ4v) is 5.81. The number of rotatable bonds is 3. The first-order chi connectivity index (χ1) is 18.8. The van der Waals surface area contributed by atoms with E-state index in [4.69, 9.17) is 9.31 Å². The van der Waals surface area contributed by atoms with Gasteiger partial charge < -0.3 is 9.31 Å². The van der Waals surface area contributed by atoms with Crippen LogP contribution in [-0.4, -0.2) is 18.3 Å². The highest BCUT2D eigenvalue weighted by molar-refractivity contribution is 6.62. The summed E-state index contributed by atoms with van der Waals surface area (Å²) in [6.45, 7) is 8.38. The van der Waals surface area contributed by atoms with Gasteiger partial charge in [-0.3, -0.25) is 0 Å². The van der Waals surface area contributed by atoms with E-state index in [0.29, 0.717) is 0 Å². The SMILES string of the molecule is CC1(C)OB(c2ccc3cc(-c4ccccc4-c4cccc5ccc6ccccc6c45)ccc3c2)OC1(C)C. The zero-order valence-electron chi connectivity index (χ0n) is 22.9. The third-order valence-corrected chi connectivity index (χ3v) is 8.69. The van der Waals surface area contributed by atoms with E-state index in [0.717, 1.165) is 5.46 Å². The van der Waals surface area contributed by atoms with Gasteiger partial charge in [0.2, 0.25) is 0 Å². The molecule has 1 aliphatic heterocycles. The molecule has 0 saturated carbocycles. The summed E-state index contributed by atoms with van der Waals surface area (Å²) in [5.74, 6) is 0. The molecule has 0 bridgehead atoms. The van der Waals surface area contributed by atoms with Gasteiger partial charge in [0, 0.05) is 0 Å². The van der Waals surface area contributed by atoms with Crippen LogP contribution in [0.15, 0.2) is 115 Å². The van der Waals surface area contributed by atoms with Crippen molar-refractivity contribution in [1.82, 2.24) is 0 Å². The zero-order chi connectivity index (χ0) is 26.8. The largest absolute Gasteiger partial charge is 0.494 e. The predicted molar refractivity (Wildman–Crippen MR) is 166 cm³/mol. The van der Waals surface area contributed by atoms with Crippen LogP contribution < -0.4 is 5.46 Å². The van der Waals surface area contributed by atoms with E-state index in [1.807, 2.05) is 0 Å². The van der Waals surface area contributed by atoms with Gasteiger partial charge in [0.25, 0.3) is 0 Å².